The zero-order valence-electron chi connectivity index (χ0n) is 12.0. The first-order valence-electron chi connectivity index (χ1n) is 6.01. The highest BCUT2D eigenvalue weighted by molar-refractivity contribution is 6.03. The summed E-state index contributed by atoms with van der Waals surface area (Å²) in [6.07, 6.45) is 0. The van der Waals surface area contributed by atoms with E-state index >= 15 is 0 Å². The van der Waals surface area contributed by atoms with Crippen LogP contribution in [0.15, 0.2) is 0 Å². The van der Waals surface area contributed by atoms with E-state index in [9.17, 15) is 9.59 Å². The molecule has 5 heteroatoms. The van der Waals surface area contributed by atoms with E-state index in [2.05, 4.69) is 0 Å². The third-order valence-corrected chi connectivity index (χ3v) is 2.80. The van der Waals surface area contributed by atoms with Crippen LogP contribution >= 0.6 is 0 Å². The van der Waals surface area contributed by atoms with Gasteiger partial charge >= 0.3 is 5.97 Å². The van der Waals surface area contributed by atoms with Gasteiger partial charge in [-0.25, -0.2) is 0 Å². The summed E-state index contributed by atoms with van der Waals surface area (Å²) in [5.41, 5.74) is -1.99. The summed E-state index contributed by atoms with van der Waals surface area (Å²) in [6, 6.07) is 0. The van der Waals surface area contributed by atoms with E-state index in [1.165, 1.54) is 6.92 Å². The molecule has 0 unspecified atom stereocenters. The van der Waals surface area contributed by atoms with E-state index in [-0.39, 0.29) is 19.0 Å². The number of rotatable bonds is 2. The van der Waals surface area contributed by atoms with Gasteiger partial charge in [0.2, 0.25) is 0 Å². The first-order valence-corrected chi connectivity index (χ1v) is 6.01. The minimum Gasteiger partial charge on any atom is -0.459 e. The van der Waals surface area contributed by atoms with Gasteiger partial charge in [0.1, 0.15) is 5.60 Å². The van der Waals surface area contributed by atoms with Crippen molar-refractivity contribution in [1.29, 1.82) is 0 Å². The predicted octanol–water partition coefficient (Wildman–Crippen LogP) is 1.69. The molecule has 1 rings (SSSR count). The second kappa shape index (κ2) is 4.63. The Morgan fingerprint density at radius 1 is 1.11 bits per heavy atom. The molecule has 0 aromatic rings. The van der Waals surface area contributed by atoms with Gasteiger partial charge in [-0.15, -0.1) is 0 Å². The fraction of sp³-hybridized carbons (Fsp3) is 0.846. The summed E-state index contributed by atoms with van der Waals surface area (Å²) in [5, 5.41) is 0. The third kappa shape index (κ3) is 3.29. The second-order valence-electron chi connectivity index (χ2n) is 6.12. The Hall–Kier alpha value is -0.940. The van der Waals surface area contributed by atoms with Gasteiger partial charge in [-0.3, -0.25) is 9.59 Å². The first kappa shape index (κ1) is 15.1. The molecule has 0 saturated carbocycles. The summed E-state index contributed by atoms with van der Waals surface area (Å²) in [5.74, 6) is -1.66. The smallest absolute Gasteiger partial charge is 0.324 e. The molecule has 1 aliphatic heterocycles. The molecule has 0 aliphatic carbocycles. The van der Waals surface area contributed by atoms with Gasteiger partial charge in [0, 0.05) is 0 Å². The van der Waals surface area contributed by atoms with Crippen molar-refractivity contribution in [2.45, 2.75) is 52.9 Å². The van der Waals surface area contributed by atoms with E-state index in [0.29, 0.717) is 0 Å². The van der Waals surface area contributed by atoms with Gasteiger partial charge < -0.3 is 14.2 Å². The van der Waals surface area contributed by atoms with Gasteiger partial charge in [0.15, 0.2) is 17.0 Å². The molecule has 18 heavy (non-hydrogen) atoms. The standard InChI is InChI=1S/C13H22O5/c1-9(14)13(10(15)18-11(2,3)4)7-16-12(5,6)17-8-13/h7-8H2,1-6H3. The van der Waals surface area contributed by atoms with Crippen molar-refractivity contribution in [3.63, 3.8) is 0 Å². The van der Waals surface area contributed by atoms with Gasteiger partial charge in [-0.2, -0.15) is 0 Å². The Balaban J connectivity index is 2.90. The molecule has 0 radical (unpaired) electrons. The van der Waals surface area contributed by atoms with Crippen molar-refractivity contribution in [3.05, 3.63) is 0 Å². The predicted molar refractivity (Wildman–Crippen MR) is 64.9 cm³/mol. The number of esters is 1. The van der Waals surface area contributed by atoms with Crippen LogP contribution in [0.25, 0.3) is 0 Å². The molecule has 1 heterocycles. The maximum absolute atomic E-state index is 12.2. The van der Waals surface area contributed by atoms with Gasteiger partial charge in [0.25, 0.3) is 0 Å². The summed E-state index contributed by atoms with van der Waals surface area (Å²) in [6.45, 7) is 10.1. The SMILES string of the molecule is CC(=O)C1(C(=O)OC(C)(C)C)COC(C)(C)OC1. The van der Waals surface area contributed by atoms with Crippen molar-refractivity contribution >= 4 is 11.8 Å². The lowest BCUT2D eigenvalue weighted by Gasteiger charge is -2.41. The monoisotopic (exact) mass is 258 g/mol. The average molecular weight is 258 g/mol. The molecular formula is C13H22O5. The Labute approximate surface area is 108 Å². The highest BCUT2D eigenvalue weighted by Crippen LogP contribution is 2.33. The maximum Gasteiger partial charge on any atom is 0.324 e. The molecule has 1 saturated heterocycles. The quantitative estimate of drug-likeness (QED) is 0.557. The minimum absolute atomic E-state index is 0.00968. The van der Waals surface area contributed by atoms with Crippen LogP contribution in [-0.4, -0.2) is 36.4 Å². The van der Waals surface area contributed by atoms with E-state index in [1.807, 2.05) is 0 Å². The average Bonchev–Trinajstić information content (AvgIpc) is 2.14. The van der Waals surface area contributed by atoms with Crippen molar-refractivity contribution < 1.29 is 23.8 Å². The Morgan fingerprint density at radius 2 is 1.56 bits per heavy atom. The first-order chi connectivity index (χ1) is 7.99. The number of hydrogen-bond donors (Lipinski definition) is 0. The largest absolute Gasteiger partial charge is 0.459 e. The van der Waals surface area contributed by atoms with Gasteiger partial charge in [-0.05, 0) is 41.5 Å². The van der Waals surface area contributed by atoms with Crippen LogP contribution < -0.4 is 0 Å². The summed E-state index contributed by atoms with van der Waals surface area (Å²) in [4.78, 5) is 24.0. The lowest BCUT2D eigenvalue weighted by molar-refractivity contribution is -0.280. The molecule has 0 atom stereocenters. The molecule has 0 aromatic carbocycles. The number of Topliss-reactive ketones (excluding diaryl/α,β-unsaturated/α-hetero) is 1. The van der Waals surface area contributed by atoms with E-state index in [1.54, 1.807) is 34.6 Å². The highest BCUT2D eigenvalue weighted by Gasteiger charge is 2.51. The second-order valence-corrected chi connectivity index (χ2v) is 6.12. The molecule has 1 fully saturated rings. The zero-order chi connectivity index (χ0) is 14.2. The third-order valence-electron chi connectivity index (χ3n) is 2.80. The Bertz CT molecular complexity index is 341. The molecule has 0 spiro atoms. The summed E-state index contributed by atoms with van der Waals surface area (Å²) >= 11 is 0. The molecule has 5 nitrogen and oxygen atoms in total. The van der Waals surface area contributed by atoms with Gasteiger partial charge in [0.05, 0.1) is 13.2 Å². The van der Waals surface area contributed by atoms with E-state index in [0.717, 1.165) is 0 Å². The van der Waals surface area contributed by atoms with E-state index < -0.39 is 22.8 Å². The molecular weight excluding hydrogens is 236 g/mol. The number of carbonyl (C=O) groups is 2. The van der Waals surface area contributed by atoms with Crippen LogP contribution in [0.1, 0.15) is 41.5 Å². The van der Waals surface area contributed by atoms with Crippen LogP contribution in [0.2, 0.25) is 0 Å². The van der Waals surface area contributed by atoms with Crippen LogP contribution in [0.4, 0.5) is 0 Å². The molecule has 104 valence electrons. The van der Waals surface area contributed by atoms with Crippen LogP contribution in [0, 0.1) is 5.41 Å². The number of carbonyl (C=O) groups excluding carboxylic acids is 2. The number of ketones is 1. The van der Waals surface area contributed by atoms with E-state index in [4.69, 9.17) is 14.2 Å². The summed E-state index contributed by atoms with van der Waals surface area (Å²) in [7, 11) is 0. The fourth-order valence-corrected chi connectivity index (χ4v) is 1.52. The normalized spacial score (nSPS) is 22.3. The van der Waals surface area contributed by atoms with Crippen molar-refractivity contribution in [3.8, 4) is 0 Å². The van der Waals surface area contributed by atoms with Crippen LogP contribution in [0.5, 0.6) is 0 Å². The zero-order valence-corrected chi connectivity index (χ0v) is 12.0. The molecule has 1 aliphatic rings. The number of ether oxygens (including phenoxy) is 3. The summed E-state index contributed by atoms with van der Waals surface area (Å²) < 4.78 is 16.2. The van der Waals surface area contributed by atoms with Gasteiger partial charge in [-0.1, -0.05) is 0 Å². The topological polar surface area (TPSA) is 61.8 Å². The molecule has 0 N–H and O–H groups in total. The van der Waals surface area contributed by atoms with Crippen molar-refractivity contribution in [2.24, 2.45) is 5.41 Å². The van der Waals surface area contributed by atoms with Crippen LogP contribution in [-0.2, 0) is 23.8 Å². The Kier molecular flexibility index (Phi) is 3.89. The maximum atomic E-state index is 12.2. The molecule has 0 amide bonds. The lowest BCUT2D eigenvalue weighted by Crippen LogP contribution is -2.55. The highest BCUT2D eigenvalue weighted by atomic mass is 16.7. The molecule has 0 bridgehead atoms. The number of hydrogen-bond acceptors (Lipinski definition) is 5. The van der Waals surface area contributed by atoms with Crippen molar-refractivity contribution in [1.82, 2.24) is 0 Å². The fourth-order valence-electron chi connectivity index (χ4n) is 1.52. The minimum atomic E-state index is -1.34. The van der Waals surface area contributed by atoms with Crippen LogP contribution in [0.3, 0.4) is 0 Å². The molecule has 0 aromatic heterocycles. The Morgan fingerprint density at radius 3 is 1.89 bits per heavy atom. The lowest BCUT2D eigenvalue weighted by atomic mass is 9.84. The van der Waals surface area contributed by atoms with Crippen molar-refractivity contribution in [2.75, 3.05) is 13.2 Å².